The van der Waals surface area contributed by atoms with E-state index in [2.05, 4.69) is 31.8 Å². The molecular weight excluding hydrogens is 446 g/mol. The van der Waals surface area contributed by atoms with Crippen molar-refractivity contribution >= 4 is 29.8 Å². The lowest BCUT2D eigenvalue weighted by atomic mass is 10.1. The van der Waals surface area contributed by atoms with Gasteiger partial charge in [-0.15, -0.1) is 0 Å². The number of carbonyl (C=O) groups is 1. The van der Waals surface area contributed by atoms with Crippen LogP contribution in [0.1, 0.15) is 71.3 Å². The molecule has 0 saturated carbocycles. The highest BCUT2D eigenvalue weighted by atomic mass is 32.2. The Balaban J connectivity index is 0.000000433. The van der Waals surface area contributed by atoms with Gasteiger partial charge in [0.25, 0.3) is 0 Å². The zero-order chi connectivity index (χ0) is 23.8. The molecule has 0 radical (unpaired) electrons. The number of nitrogens with one attached hydrogen (secondary N) is 1. The van der Waals surface area contributed by atoms with Crippen LogP contribution < -0.4 is 14.8 Å². The third kappa shape index (κ3) is 11.7. The number of carboxylic acids is 1. The van der Waals surface area contributed by atoms with Crippen molar-refractivity contribution in [3.63, 3.8) is 0 Å². The predicted octanol–water partition coefficient (Wildman–Crippen LogP) is 4.82. The normalized spacial score (nSPS) is 14.9. The van der Waals surface area contributed by atoms with Crippen molar-refractivity contribution < 1.29 is 23.9 Å². The van der Waals surface area contributed by atoms with E-state index in [0.29, 0.717) is 12.5 Å². The van der Waals surface area contributed by atoms with E-state index < -0.39 is 23.2 Å². The lowest BCUT2D eigenvalue weighted by molar-refractivity contribution is -0.138. The first-order valence-corrected chi connectivity index (χ1v) is 13.8. The first kappa shape index (κ1) is 28.9. The Morgan fingerprint density at radius 1 is 1.16 bits per heavy atom. The van der Waals surface area contributed by atoms with Crippen LogP contribution in [-0.4, -0.2) is 51.8 Å². The second-order valence-electron chi connectivity index (χ2n) is 8.08. The zero-order valence-corrected chi connectivity index (χ0v) is 21.5. The molecule has 1 aliphatic rings. The van der Waals surface area contributed by atoms with Gasteiger partial charge in [0.15, 0.2) is 11.5 Å². The molecule has 184 valence electrons. The second kappa shape index (κ2) is 17.4. The highest BCUT2D eigenvalue weighted by Crippen LogP contribution is 2.33. The van der Waals surface area contributed by atoms with Gasteiger partial charge < -0.3 is 24.4 Å². The van der Waals surface area contributed by atoms with E-state index in [1.165, 1.54) is 37.7 Å². The van der Waals surface area contributed by atoms with Crippen LogP contribution in [0.3, 0.4) is 0 Å². The van der Waals surface area contributed by atoms with Gasteiger partial charge >= 0.3 is 5.97 Å². The maximum atomic E-state index is 12.3. The van der Waals surface area contributed by atoms with Crippen molar-refractivity contribution in [2.75, 3.05) is 24.8 Å². The van der Waals surface area contributed by atoms with Crippen molar-refractivity contribution in [1.29, 1.82) is 0 Å². The molecule has 2 rings (SSSR count). The number of rotatable bonds is 15. The Kier molecular flexibility index (Phi) is 15.7. The van der Waals surface area contributed by atoms with Gasteiger partial charge in [0.2, 0.25) is 6.79 Å². The van der Waals surface area contributed by atoms with E-state index in [1.807, 2.05) is 25.1 Å². The minimum absolute atomic E-state index is 0.191. The Labute approximate surface area is 202 Å². The van der Waals surface area contributed by atoms with Crippen molar-refractivity contribution in [3.05, 3.63) is 23.8 Å². The third-order valence-corrected chi connectivity index (χ3v) is 7.35. The Hall–Kier alpha value is -1.09. The van der Waals surface area contributed by atoms with E-state index in [0.717, 1.165) is 43.1 Å². The summed E-state index contributed by atoms with van der Waals surface area (Å²) in [6.07, 6.45) is 9.26. The summed E-state index contributed by atoms with van der Waals surface area (Å²) in [6.45, 7) is 7.34. The maximum absolute atomic E-state index is 12.3. The molecule has 2 unspecified atom stereocenters. The van der Waals surface area contributed by atoms with Crippen LogP contribution in [0.5, 0.6) is 11.5 Å². The van der Waals surface area contributed by atoms with Gasteiger partial charge in [0.1, 0.15) is 17.0 Å². The van der Waals surface area contributed by atoms with Gasteiger partial charge in [-0.1, -0.05) is 56.8 Å². The number of carboxylic acid groups (broad SMARTS) is 1. The van der Waals surface area contributed by atoms with E-state index in [9.17, 15) is 9.35 Å². The van der Waals surface area contributed by atoms with Gasteiger partial charge in [-0.3, -0.25) is 4.79 Å². The van der Waals surface area contributed by atoms with Gasteiger partial charge in [-0.2, -0.15) is 12.6 Å². The molecule has 1 heterocycles. The first-order chi connectivity index (χ1) is 15.4. The van der Waals surface area contributed by atoms with Gasteiger partial charge in [-0.05, 0) is 50.4 Å². The fourth-order valence-corrected chi connectivity index (χ4v) is 4.82. The summed E-state index contributed by atoms with van der Waals surface area (Å²) in [5, 5.41) is 11.5. The molecular formula is C24H41NO5S2. The minimum Gasteiger partial charge on any atom is -0.616 e. The molecule has 0 fully saturated rings. The first-order valence-electron chi connectivity index (χ1n) is 11.8. The number of thiol groups is 1. The van der Waals surface area contributed by atoms with E-state index >= 15 is 0 Å². The smallest absolute Gasteiger partial charge is 0.321 e. The van der Waals surface area contributed by atoms with Crippen LogP contribution in [-0.2, 0) is 22.4 Å². The molecule has 0 aromatic heterocycles. The summed E-state index contributed by atoms with van der Waals surface area (Å²) in [5.41, 5.74) is 1.17. The molecule has 0 saturated heterocycles. The van der Waals surface area contributed by atoms with Crippen molar-refractivity contribution in [1.82, 2.24) is 5.32 Å². The van der Waals surface area contributed by atoms with Gasteiger partial charge in [0, 0.05) is 12.2 Å². The molecule has 0 spiro atoms. The summed E-state index contributed by atoms with van der Waals surface area (Å²) in [7, 11) is 0. The van der Waals surface area contributed by atoms with Crippen LogP contribution in [0.2, 0.25) is 0 Å². The number of benzene rings is 1. The van der Waals surface area contributed by atoms with Crippen molar-refractivity contribution in [3.8, 4) is 11.5 Å². The van der Waals surface area contributed by atoms with Gasteiger partial charge in [-0.25, -0.2) is 0 Å². The monoisotopic (exact) mass is 487 g/mol. The number of hydrogen-bond donors (Lipinski definition) is 3. The summed E-state index contributed by atoms with van der Waals surface area (Å²) < 4.78 is 23.0. The number of unbranched alkanes of at least 4 members (excludes halogenated alkanes) is 5. The SMILES string of the molecule is CCCCCCCC[S+]([O-])C(C)Cc1ccc2c(c1)OCO2.CCCN[C@H](CS)C(=O)O. The molecule has 0 bridgehead atoms. The highest BCUT2D eigenvalue weighted by molar-refractivity contribution is 7.92. The summed E-state index contributed by atoms with van der Waals surface area (Å²) in [5.74, 6) is 1.96. The average molecular weight is 488 g/mol. The fourth-order valence-electron chi connectivity index (χ4n) is 3.27. The zero-order valence-electron chi connectivity index (χ0n) is 19.8. The van der Waals surface area contributed by atoms with E-state index in [4.69, 9.17) is 14.6 Å². The third-order valence-electron chi connectivity index (χ3n) is 5.23. The molecule has 1 aromatic rings. The standard InChI is InChI=1S/C18H28O3S.C6H13NO2S/c1-3-4-5-6-7-8-11-22(19)15(2)12-16-9-10-17-18(13-16)21-14-20-17;1-2-3-7-5(4-10)6(8)9/h9-10,13,15H,3-8,11-12,14H2,1-2H3;5,7,10H,2-4H2,1H3,(H,8,9)/t;5-/m.1/s1. The van der Waals surface area contributed by atoms with Crippen LogP contribution in [0, 0.1) is 0 Å². The molecule has 32 heavy (non-hydrogen) atoms. The van der Waals surface area contributed by atoms with Crippen molar-refractivity contribution in [2.45, 2.75) is 83.4 Å². The number of ether oxygens (including phenoxy) is 2. The fraction of sp³-hybridized carbons (Fsp3) is 0.708. The molecule has 2 N–H and O–H groups in total. The Morgan fingerprint density at radius 2 is 1.84 bits per heavy atom. The molecule has 6 nitrogen and oxygen atoms in total. The van der Waals surface area contributed by atoms with Crippen LogP contribution in [0.15, 0.2) is 18.2 Å². The van der Waals surface area contributed by atoms with E-state index in [-0.39, 0.29) is 5.25 Å². The van der Waals surface area contributed by atoms with Gasteiger partial charge in [0.05, 0.1) is 0 Å². The average Bonchev–Trinajstić information content (AvgIpc) is 3.24. The summed E-state index contributed by atoms with van der Waals surface area (Å²) >= 11 is 3.14. The van der Waals surface area contributed by atoms with E-state index in [1.54, 1.807) is 0 Å². The number of aliphatic carboxylic acids is 1. The summed E-state index contributed by atoms with van der Waals surface area (Å²) in [6, 6.07) is 5.51. The molecule has 0 aliphatic carbocycles. The maximum Gasteiger partial charge on any atom is 0.321 e. The molecule has 0 amide bonds. The molecule has 1 aromatic carbocycles. The summed E-state index contributed by atoms with van der Waals surface area (Å²) in [4.78, 5) is 10.3. The number of hydrogen-bond acceptors (Lipinski definition) is 6. The Bertz CT molecular complexity index is 647. The van der Waals surface area contributed by atoms with Crippen LogP contribution in [0.4, 0.5) is 0 Å². The predicted molar refractivity (Wildman–Crippen MR) is 136 cm³/mol. The lowest BCUT2D eigenvalue weighted by Gasteiger charge is -2.18. The quantitative estimate of drug-likeness (QED) is 0.187. The highest BCUT2D eigenvalue weighted by Gasteiger charge is 2.19. The largest absolute Gasteiger partial charge is 0.616 e. The molecule has 3 atom stereocenters. The van der Waals surface area contributed by atoms with Crippen LogP contribution >= 0.6 is 12.6 Å². The lowest BCUT2D eigenvalue weighted by Crippen LogP contribution is -2.38. The van der Waals surface area contributed by atoms with Crippen molar-refractivity contribution in [2.24, 2.45) is 0 Å². The molecule has 1 aliphatic heterocycles. The Morgan fingerprint density at radius 3 is 2.50 bits per heavy atom. The minimum atomic E-state index is -0.830. The second-order valence-corrected chi connectivity index (χ2v) is 10.4. The molecule has 8 heteroatoms. The van der Waals surface area contributed by atoms with Crippen LogP contribution in [0.25, 0.3) is 0 Å². The topological polar surface area (TPSA) is 90.9 Å². The number of fused-ring (bicyclic) bond motifs is 1.